The highest BCUT2D eigenvalue weighted by Gasteiger charge is 2.71. The Bertz CT molecular complexity index is 1680. The lowest BCUT2D eigenvalue weighted by molar-refractivity contribution is 0.0666. The van der Waals surface area contributed by atoms with Gasteiger partial charge in [0.25, 0.3) is 0 Å². The van der Waals surface area contributed by atoms with Crippen LogP contribution in [0.1, 0.15) is 48.1 Å². The molecule has 0 unspecified atom stereocenters. The van der Waals surface area contributed by atoms with Crippen molar-refractivity contribution in [2.45, 2.75) is 18.0 Å². The molecule has 3 atom stereocenters. The van der Waals surface area contributed by atoms with E-state index in [-0.39, 0.29) is 17.3 Å². The number of carbonyl (C=O) groups is 3. The second kappa shape index (κ2) is 8.58. The van der Waals surface area contributed by atoms with Crippen LogP contribution in [0.5, 0.6) is 0 Å². The molecule has 2 aliphatic heterocycles. The van der Waals surface area contributed by atoms with Crippen LogP contribution in [-0.4, -0.2) is 29.4 Å². The Balaban J connectivity index is 1.55. The summed E-state index contributed by atoms with van der Waals surface area (Å²) in [7, 11) is 0. The standard InChI is InChI=1S/C33H21ClFNO3/c34-22-13-16-26-21(18-22)12-17-27-33(31(38)24-8-4-5-9-25(24)32(33)39)28(19-10-14-23(35)15-11-19)29(36(26)27)30(37)20-6-2-1-3-7-20/h1-18,27-29H/t27-,28+,29-/m0/s1. The van der Waals surface area contributed by atoms with Crippen molar-refractivity contribution in [3.05, 3.63) is 142 Å². The molecule has 0 amide bonds. The van der Waals surface area contributed by atoms with Crippen molar-refractivity contribution in [2.75, 3.05) is 4.90 Å². The van der Waals surface area contributed by atoms with Gasteiger partial charge in [0.1, 0.15) is 17.3 Å². The van der Waals surface area contributed by atoms with Crippen molar-refractivity contribution in [1.29, 1.82) is 0 Å². The summed E-state index contributed by atoms with van der Waals surface area (Å²) in [5, 5.41) is 0.534. The Morgan fingerprint density at radius 1 is 0.821 bits per heavy atom. The summed E-state index contributed by atoms with van der Waals surface area (Å²) in [5.41, 5.74) is 1.58. The summed E-state index contributed by atoms with van der Waals surface area (Å²) in [6.07, 6.45) is 3.71. The van der Waals surface area contributed by atoms with Crippen LogP contribution in [0.2, 0.25) is 5.02 Å². The Hall–Kier alpha value is -4.35. The van der Waals surface area contributed by atoms with Crippen molar-refractivity contribution < 1.29 is 18.8 Å². The van der Waals surface area contributed by atoms with E-state index in [1.165, 1.54) is 12.1 Å². The smallest absolute Gasteiger partial charge is 0.185 e. The number of anilines is 1. The van der Waals surface area contributed by atoms with E-state index in [0.717, 1.165) is 5.56 Å². The van der Waals surface area contributed by atoms with Gasteiger partial charge in [0.2, 0.25) is 0 Å². The summed E-state index contributed by atoms with van der Waals surface area (Å²) in [6.45, 7) is 0. The van der Waals surface area contributed by atoms with E-state index in [0.29, 0.717) is 33.0 Å². The van der Waals surface area contributed by atoms with Gasteiger partial charge in [-0.25, -0.2) is 4.39 Å². The molecule has 0 radical (unpaired) electrons. The second-order valence-corrected chi connectivity index (χ2v) is 10.6. The Kier molecular flexibility index (Phi) is 5.23. The third-order valence-corrected chi connectivity index (χ3v) is 8.56. The van der Waals surface area contributed by atoms with Gasteiger partial charge in [-0.3, -0.25) is 14.4 Å². The number of halogens is 2. The van der Waals surface area contributed by atoms with Gasteiger partial charge < -0.3 is 4.90 Å². The van der Waals surface area contributed by atoms with E-state index < -0.39 is 29.2 Å². The topological polar surface area (TPSA) is 54.5 Å². The van der Waals surface area contributed by atoms with Crippen LogP contribution in [-0.2, 0) is 0 Å². The van der Waals surface area contributed by atoms with Crippen molar-refractivity contribution in [3.8, 4) is 0 Å². The Morgan fingerprint density at radius 3 is 2.13 bits per heavy atom. The van der Waals surface area contributed by atoms with Crippen LogP contribution in [0.4, 0.5) is 10.1 Å². The molecule has 190 valence electrons. The second-order valence-electron chi connectivity index (χ2n) is 10.2. The Labute approximate surface area is 229 Å². The minimum atomic E-state index is -1.62. The average molecular weight is 534 g/mol. The normalized spacial score (nSPS) is 22.1. The molecule has 4 aromatic rings. The molecule has 4 aromatic carbocycles. The van der Waals surface area contributed by atoms with Crippen LogP contribution in [0.15, 0.2) is 103 Å². The third kappa shape index (κ3) is 3.20. The third-order valence-electron chi connectivity index (χ3n) is 8.32. The van der Waals surface area contributed by atoms with Gasteiger partial charge in [-0.2, -0.15) is 0 Å². The summed E-state index contributed by atoms with van der Waals surface area (Å²) in [4.78, 5) is 45.4. The minimum absolute atomic E-state index is 0.223. The van der Waals surface area contributed by atoms with E-state index in [1.807, 2.05) is 29.2 Å². The number of hydrogen-bond donors (Lipinski definition) is 0. The molecule has 2 heterocycles. The largest absolute Gasteiger partial charge is 0.352 e. The SMILES string of the molecule is O=C(c1ccccc1)[C@@H]1[C@@H](c2ccc(F)cc2)C2(C(=O)c3ccccc3C2=O)[C@@H]2C=Cc3cc(Cl)ccc3N12. The maximum atomic E-state index is 14.5. The van der Waals surface area contributed by atoms with Crippen molar-refractivity contribution in [3.63, 3.8) is 0 Å². The molecule has 39 heavy (non-hydrogen) atoms. The maximum Gasteiger partial charge on any atom is 0.185 e. The van der Waals surface area contributed by atoms with E-state index >= 15 is 0 Å². The lowest BCUT2D eigenvalue weighted by Gasteiger charge is -2.37. The number of hydrogen-bond acceptors (Lipinski definition) is 4. The average Bonchev–Trinajstić information content (AvgIpc) is 3.39. The Morgan fingerprint density at radius 2 is 1.46 bits per heavy atom. The predicted octanol–water partition coefficient (Wildman–Crippen LogP) is 6.80. The van der Waals surface area contributed by atoms with Crippen LogP contribution < -0.4 is 4.90 Å². The van der Waals surface area contributed by atoms with E-state index in [1.54, 1.807) is 72.8 Å². The summed E-state index contributed by atoms with van der Waals surface area (Å²) in [6, 6.07) is 25.2. The molecule has 0 saturated carbocycles. The van der Waals surface area contributed by atoms with Gasteiger partial charge in [-0.1, -0.05) is 90.5 Å². The molecule has 1 spiro atoms. The first-order chi connectivity index (χ1) is 18.9. The van der Waals surface area contributed by atoms with Crippen molar-refractivity contribution >= 4 is 40.7 Å². The molecular formula is C33H21ClFNO3. The molecule has 1 fully saturated rings. The minimum Gasteiger partial charge on any atom is -0.352 e. The quantitative estimate of drug-likeness (QED) is 0.215. The number of rotatable bonds is 3. The highest BCUT2D eigenvalue weighted by molar-refractivity contribution is 6.32. The number of carbonyl (C=O) groups excluding carboxylic acids is 3. The van der Waals surface area contributed by atoms with E-state index in [2.05, 4.69) is 0 Å². The molecule has 4 nitrogen and oxygen atoms in total. The molecule has 3 aliphatic rings. The number of nitrogens with zero attached hydrogens (tertiary/aromatic N) is 1. The van der Waals surface area contributed by atoms with Crippen molar-refractivity contribution in [2.24, 2.45) is 5.41 Å². The predicted molar refractivity (Wildman–Crippen MR) is 148 cm³/mol. The number of fused-ring (bicyclic) bond motifs is 5. The summed E-state index contributed by atoms with van der Waals surface area (Å²) < 4.78 is 14.1. The zero-order valence-corrected chi connectivity index (χ0v) is 21.3. The molecule has 1 aliphatic carbocycles. The van der Waals surface area contributed by atoms with Gasteiger partial charge in [0.15, 0.2) is 17.3 Å². The first-order valence-corrected chi connectivity index (χ1v) is 13.1. The first-order valence-electron chi connectivity index (χ1n) is 12.7. The number of ketones is 3. The zero-order chi connectivity index (χ0) is 26.9. The zero-order valence-electron chi connectivity index (χ0n) is 20.6. The molecule has 0 bridgehead atoms. The fourth-order valence-electron chi connectivity index (χ4n) is 6.76. The molecule has 6 heteroatoms. The van der Waals surface area contributed by atoms with Gasteiger partial charge >= 0.3 is 0 Å². The lowest BCUT2D eigenvalue weighted by Crippen LogP contribution is -2.48. The first kappa shape index (κ1) is 23.7. The lowest BCUT2D eigenvalue weighted by atomic mass is 9.64. The van der Waals surface area contributed by atoms with Gasteiger partial charge in [0.05, 0.1) is 6.04 Å². The highest BCUT2D eigenvalue weighted by Crippen LogP contribution is 2.61. The molecular weight excluding hydrogens is 513 g/mol. The van der Waals surface area contributed by atoms with Crippen LogP contribution in [0.25, 0.3) is 6.08 Å². The van der Waals surface area contributed by atoms with Crippen molar-refractivity contribution in [1.82, 2.24) is 0 Å². The maximum absolute atomic E-state index is 14.5. The van der Waals surface area contributed by atoms with Crippen LogP contribution in [0.3, 0.4) is 0 Å². The molecule has 0 N–H and O–H groups in total. The fraction of sp³-hybridized carbons (Fsp3) is 0.121. The highest BCUT2D eigenvalue weighted by atomic mass is 35.5. The van der Waals surface area contributed by atoms with Gasteiger partial charge in [-0.15, -0.1) is 0 Å². The fourth-order valence-corrected chi connectivity index (χ4v) is 6.94. The monoisotopic (exact) mass is 533 g/mol. The van der Waals surface area contributed by atoms with E-state index in [9.17, 15) is 18.8 Å². The van der Waals surface area contributed by atoms with Crippen LogP contribution in [0, 0.1) is 11.2 Å². The summed E-state index contributed by atoms with van der Waals surface area (Å²) >= 11 is 6.32. The van der Waals surface area contributed by atoms with Gasteiger partial charge in [0, 0.05) is 33.3 Å². The molecule has 7 rings (SSSR count). The molecule has 0 aromatic heterocycles. The summed E-state index contributed by atoms with van der Waals surface area (Å²) in [5.74, 6) is -2.19. The molecule has 1 saturated heterocycles. The number of Topliss-reactive ketones (excluding diaryl/α,β-unsaturated/α-hetero) is 3. The van der Waals surface area contributed by atoms with Crippen LogP contribution >= 0.6 is 11.6 Å². The number of benzene rings is 4. The van der Waals surface area contributed by atoms with Gasteiger partial charge in [-0.05, 0) is 41.5 Å². The van der Waals surface area contributed by atoms with E-state index in [4.69, 9.17) is 11.6 Å².